The van der Waals surface area contributed by atoms with Crippen LogP contribution in [0.5, 0.6) is 0 Å². The van der Waals surface area contributed by atoms with E-state index in [1.54, 1.807) is 24.3 Å². The minimum absolute atomic E-state index is 0.0124. The summed E-state index contributed by atoms with van der Waals surface area (Å²) in [6, 6.07) is 10.2. The van der Waals surface area contributed by atoms with Gasteiger partial charge in [-0.1, -0.05) is 15.9 Å². The molecule has 1 aliphatic rings. The van der Waals surface area contributed by atoms with E-state index in [2.05, 4.69) is 26.6 Å². The molecule has 11 heteroatoms. The van der Waals surface area contributed by atoms with Gasteiger partial charge in [0.2, 0.25) is 23.5 Å². The Morgan fingerprint density at radius 1 is 1.23 bits per heavy atom. The predicted octanol–water partition coefficient (Wildman–Crippen LogP) is 2.99. The number of amides is 3. The number of nitro benzene ring substituents is 1. The van der Waals surface area contributed by atoms with Crippen LogP contribution in [0.25, 0.3) is 0 Å². The zero-order valence-corrected chi connectivity index (χ0v) is 17.7. The SMILES string of the molecule is O=C(CCNC(=O)[C@@H]1CC(=O)N(c2ccc(F)c([N+](=O)[O-])c2)C1)Nc1ccc(Br)cc1. The number of nitrogens with one attached hydrogen (secondary N) is 2. The molecule has 2 N–H and O–H groups in total. The molecule has 0 radical (unpaired) electrons. The van der Waals surface area contributed by atoms with Crippen molar-refractivity contribution in [2.24, 2.45) is 5.92 Å². The van der Waals surface area contributed by atoms with Crippen molar-refractivity contribution in [2.75, 3.05) is 23.3 Å². The van der Waals surface area contributed by atoms with Crippen LogP contribution in [-0.4, -0.2) is 35.7 Å². The van der Waals surface area contributed by atoms with Gasteiger partial charge in [0.15, 0.2) is 0 Å². The van der Waals surface area contributed by atoms with Crippen LogP contribution >= 0.6 is 15.9 Å². The second-order valence-corrected chi connectivity index (χ2v) is 7.81. The second-order valence-electron chi connectivity index (χ2n) is 6.89. The van der Waals surface area contributed by atoms with Crippen molar-refractivity contribution in [2.45, 2.75) is 12.8 Å². The Kier molecular flexibility index (Phi) is 6.95. The number of hydrogen-bond acceptors (Lipinski definition) is 5. The third kappa shape index (κ3) is 5.63. The van der Waals surface area contributed by atoms with Gasteiger partial charge in [-0.2, -0.15) is 4.39 Å². The monoisotopic (exact) mass is 492 g/mol. The number of nitro groups is 1. The van der Waals surface area contributed by atoms with Gasteiger partial charge in [0.25, 0.3) is 0 Å². The summed E-state index contributed by atoms with van der Waals surface area (Å²) in [7, 11) is 0. The maximum atomic E-state index is 13.5. The molecule has 0 bridgehead atoms. The molecule has 2 aromatic rings. The van der Waals surface area contributed by atoms with Crippen molar-refractivity contribution in [3.63, 3.8) is 0 Å². The second kappa shape index (κ2) is 9.65. The van der Waals surface area contributed by atoms with E-state index in [0.29, 0.717) is 5.69 Å². The van der Waals surface area contributed by atoms with Crippen LogP contribution in [0.4, 0.5) is 21.5 Å². The van der Waals surface area contributed by atoms with Crippen LogP contribution in [0.3, 0.4) is 0 Å². The van der Waals surface area contributed by atoms with Crippen LogP contribution in [0.2, 0.25) is 0 Å². The third-order valence-electron chi connectivity index (χ3n) is 4.71. The van der Waals surface area contributed by atoms with Gasteiger partial charge in [0.05, 0.1) is 16.5 Å². The molecule has 1 aliphatic heterocycles. The van der Waals surface area contributed by atoms with E-state index in [0.717, 1.165) is 16.6 Å². The summed E-state index contributed by atoms with van der Waals surface area (Å²) >= 11 is 3.30. The molecule has 0 unspecified atom stereocenters. The molecule has 0 spiro atoms. The Morgan fingerprint density at radius 2 is 1.94 bits per heavy atom. The van der Waals surface area contributed by atoms with Gasteiger partial charge in [-0.15, -0.1) is 0 Å². The van der Waals surface area contributed by atoms with Crippen molar-refractivity contribution in [1.29, 1.82) is 0 Å². The molecule has 3 amide bonds. The number of rotatable bonds is 7. The maximum absolute atomic E-state index is 13.5. The fourth-order valence-electron chi connectivity index (χ4n) is 3.14. The van der Waals surface area contributed by atoms with Crippen LogP contribution in [0.1, 0.15) is 12.8 Å². The Morgan fingerprint density at radius 3 is 2.61 bits per heavy atom. The normalized spacial score (nSPS) is 15.6. The van der Waals surface area contributed by atoms with Gasteiger partial charge in [-0.05, 0) is 36.4 Å². The fourth-order valence-corrected chi connectivity index (χ4v) is 3.41. The highest BCUT2D eigenvalue weighted by Gasteiger charge is 2.35. The van der Waals surface area contributed by atoms with Crippen LogP contribution in [0, 0.1) is 21.8 Å². The van der Waals surface area contributed by atoms with Gasteiger partial charge < -0.3 is 15.5 Å². The van der Waals surface area contributed by atoms with Gasteiger partial charge in [0.1, 0.15) is 0 Å². The molecule has 1 heterocycles. The zero-order valence-electron chi connectivity index (χ0n) is 16.1. The summed E-state index contributed by atoms with van der Waals surface area (Å²) in [4.78, 5) is 47.9. The molecular formula is C20H18BrFN4O5. The molecule has 0 saturated carbocycles. The van der Waals surface area contributed by atoms with Crippen molar-refractivity contribution < 1.29 is 23.7 Å². The molecular weight excluding hydrogens is 475 g/mol. The standard InChI is InChI=1S/C20H18BrFN4O5/c21-13-1-3-14(4-2-13)24-18(27)7-8-23-20(29)12-9-19(28)25(11-12)15-5-6-16(22)17(10-15)26(30)31/h1-6,10,12H,7-9,11H2,(H,23,29)(H,24,27)/t12-/m1/s1. The minimum Gasteiger partial charge on any atom is -0.355 e. The van der Waals surface area contributed by atoms with Crippen LogP contribution in [-0.2, 0) is 14.4 Å². The molecule has 2 aromatic carbocycles. The first-order valence-corrected chi connectivity index (χ1v) is 10.1. The van der Waals surface area contributed by atoms with Gasteiger partial charge in [-0.3, -0.25) is 24.5 Å². The molecule has 0 aliphatic carbocycles. The van der Waals surface area contributed by atoms with E-state index in [9.17, 15) is 28.9 Å². The van der Waals surface area contributed by atoms with Crippen LogP contribution < -0.4 is 15.5 Å². The Balaban J connectivity index is 1.51. The van der Waals surface area contributed by atoms with Crippen molar-refractivity contribution in [3.05, 3.63) is 62.9 Å². The van der Waals surface area contributed by atoms with Crippen molar-refractivity contribution in [1.82, 2.24) is 5.32 Å². The average Bonchev–Trinajstić information content (AvgIpc) is 3.11. The number of carbonyl (C=O) groups is 3. The summed E-state index contributed by atoms with van der Waals surface area (Å²) in [6.45, 7) is 0.104. The van der Waals surface area contributed by atoms with E-state index in [1.807, 2.05) is 0 Å². The fraction of sp³-hybridized carbons (Fsp3) is 0.250. The minimum atomic E-state index is -1.00. The van der Waals surface area contributed by atoms with E-state index in [-0.39, 0.29) is 37.5 Å². The number of halogens is 2. The molecule has 1 saturated heterocycles. The van der Waals surface area contributed by atoms with Crippen molar-refractivity contribution in [3.8, 4) is 0 Å². The molecule has 1 atom stereocenters. The predicted molar refractivity (Wildman–Crippen MR) is 114 cm³/mol. The highest BCUT2D eigenvalue weighted by atomic mass is 79.9. The molecule has 31 heavy (non-hydrogen) atoms. The van der Waals surface area contributed by atoms with Gasteiger partial charge in [0, 0.05) is 42.2 Å². The molecule has 9 nitrogen and oxygen atoms in total. The van der Waals surface area contributed by atoms with Gasteiger partial charge in [-0.25, -0.2) is 0 Å². The Bertz CT molecular complexity index is 1030. The quantitative estimate of drug-likeness (QED) is 0.454. The first-order valence-electron chi connectivity index (χ1n) is 9.32. The number of anilines is 2. The van der Waals surface area contributed by atoms with Crippen molar-refractivity contribution >= 4 is 50.7 Å². The topological polar surface area (TPSA) is 122 Å². The number of nitrogens with zero attached hydrogens (tertiary/aromatic N) is 2. The lowest BCUT2D eigenvalue weighted by Crippen LogP contribution is -2.34. The summed E-state index contributed by atoms with van der Waals surface area (Å²) in [5.74, 6) is -2.74. The Labute approximate surface area is 184 Å². The smallest absolute Gasteiger partial charge is 0.306 e. The average molecular weight is 493 g/mol. The summed E-state index contributed by atoms with van der Waals surface area (Å²) in [5.41, 5.74) is 0.0437. The number of hydrogen-bond donors (Lipinski definition) is 2. The highest BCUT2D eigenvalue weighted by Crippen LogP contribution is 2.29. The lowest BCUT2D eigenvalue weighted by Gasteiger charge is -2.16. The number of benzene rings is 2. The van der Waals surface area contributed by atoms with E-state index in [4.69, 9.17) is 0 Å². The summed E-state index contributed by atoms with van der Waals surface area (Å²) in [5, 5.41) is 16.2. The lowest BCUT2D eigenvalue weighted by atomic mass is 10.1. The molecule has 1 fully saturated rings. The zero-order chi connectivity index (χ0) is 22.5. The highest BCUT2D eigenvalue weighted by molar-refractivity contribution is 9.10. The lowest BCUT2D eigenvalue weighted by molar-refractivity contribution is -0.387. The van der Waals surface area contributed by atoms with Gasteiger partial charge >= 0.3 is 5.69 Å². The summed E-state index contributed by atoms with van der Waals surface area (Å²) in [6.07, 6.45) is -0.0293. The number of carbonyl (C=O) groups excluding carboxylic acids is 3. The Hall–Kier alpha value is -3.34. The largest absolute Gasteiger partial charge is 0.355 e. The van der Waals surface area contributed by atoms with E-state index >= 15 is 0 Å². The van der Waals surface area contributed by atoms with Crippen LogP contribution in [0.15, 0.2) is 46.9 Å². The summed E-state index contributed by atoms with van der Waals surface area (Å²) < 4.78 is 14.4. The maximum Gasteiger partial charge on any atom is 0.306 e. The first-order chi connectivity index (χ1) is 14.7. The molecule has 3 rings (SSSR count). The van der Waals surface area contributed by atoms with E-state index in [1.165, 1.54) is 11.0 Å². The third-order valence-corrected chi connectivity index (χ3v) is 5.24. The first kappa shape index (κ1) is 22.3. The van der Waals surface area contributed by atoms with E-state index < -0.39 is 34.2 Å². The molecule has 162 valence electrons. The molecule has 0 aromatic heterocycles.